The highest BCUT2D eigenvalue weighted by molar-refractivity contribution is 5.95. The summed E-state index contributed by atoms with van der Waals surface area (Å²) in [6.07, 6.45) is 1.04. The number of carbonyl (C=O) groups is 5. The molecular weight excluding hydrogens is 358 g/mol. The van der Waals surface area contributed by atoms with E-state index in [-0.39, 0.29) is 18.5 Å². The second-order valence-electron chi connectivity index (χ2n) is 6.73. The Morgan fingerprint density at radius 1 is 1.19 bits per heavy atom. The zero-order chi connectivity index (χ0) is 20.6. The Morgan fingerprint density at radius 2 is 1.85 bits per heavy atom. The van der Waals surface area contributed by atoms with E-state index in [1.54, 1.807) is 13.8 Å². The Kier molecular flexibility index (Phi) is 8.66. The van der Waals surface area contributed by atoms with Crippen LogP contribution >= 0.6 is 0 Å². The van der Waals surface area contributed by atoms with Crippen LogP contribution in [0.25, 0.3) is 0 Å². The minimum atomic E-state index is -1.34. The predicted octanol–water partition coefficient (Wildman–Crippen LogP) is -2.56. The molecule has 1 heterocycles. The Balaban J connectivity index is 2.62. The quantitative estimate of drug-likeness (QED) is 0.239. The van der Waals surface area contributed by atoms with E-state index >= 15 is 0 Å². The van der Waals surface area contributed by atoms with Crippen LogP contribution in [0.3, 0.4) is 0 Å². The summed E-state index contributed by atoms with van der Waals surface area (Å²) in [6.45, 7) is 3.55. The van der Waals surface area contributed by atoms with Crippen molar-refractivity contribution in [2.75, 3.05) is 13.1 Å². The van der Waals surface area contributed by atoms with Crippen LogP contribution in [0.2, 0.25) is 0 Å². The Bertz CT molecular complexity index is 588. The Morgan fingerprint density at radius 3 is 2.33 bits per heavy atom. The number of carboxylic acids is 1. The van der Waals surface area contributed by atoms with E-state index in [1.165, 1.54) is 0 Å². The van der Waals surface area contributed by atoms with Crippen molar-refractivity contribution in [1.29, 1.82) is 0 Å². The average Bonchev–Trinajstić information content (AvgIpc) is 3.10. The van der Waals surface area contributed by atoms with Gasteiger partial charge in [-0.25, -0.2) is 4.79 Å². The molecule has 152 valence electrons. The summed E-state index contributed by atoms with van der Waals surface area (Å²) < 4.78 is 0. The molecule has 27 heavy (non-hydrogen) atoms. The lowest BCUT2D eigenvalue weighted by molar-refractivity contribution is -0.143. The molecule has 1 aliphatic heterocycles. The van der Waals surface area contributed by atoms with Gasteiger partial charge in [-0.1, -0.05) is 13.8 Å². The summed E-state index contributed by atoms with van der Waals surface area (Å²) in [6, 6.07) is -2.88. The van der Waals surface area contributed by atoms with Crippen molar-refractivity contribution in [1.82, 2.24) is 21.3 Å². The van der Waals surface area contributed by atoms with Gasteiger partial charge in [-0.2, -0.15) is 0 Å². The highest BCUT2D eigenvalue weighted by Gasteiger charge is 2.29. The molecule has 0 spiro atoms. The topological polar surface area (TPSA) is 180 Å². The molecule has 0 radical (unpaired) electrons. The van der Waals surface area contributed by atoms with Crippen LogP contribution in [-0.2, 0) is 24.0 Å². The first-order valence-electron chi connectivity index (χ1n) is 8.73. The van der Waals surface area contributed by atoms with Gasteiger partial charge in [0.2, 0.25) is 23.6 Å². The molecule has 0 aliphatic carbocycles. The average molecular weight is 385 g/mol. The number of hydrogen-bond acceptors (Lipinski definition) is 6. The Hall–Kier alpha value is -2.69. The predicted molar refractivity (Wildman–Crippen MR) is 94.2 cm³/mol. The van der Waals surface area contributed by atoms with Gasteiger partial charge < -0.3 is 32.1 Å². The van der Waals surface area contributed by atoms with Crippen molar-refractivity contribution in [3.05, 3.63) is 0 Å². The monoisotopic (exact) mass is 385 g/mol. The van der Waals surface area contributed by atoms with Gasteiger partial charge in [0.1, 0.15) is 12.1 Å². The van der Waals surface area contributed by atoms with Crippen molar-refractivity contribution in [3.63, 3.8) is 0 Å². The summed E-state index contributed by atoms with van der Waals surface area (Å²) in [5.41, 5.74) is 5.10. The van der Waals surface area contributed by atoms with Gasteiger partial charge in [0, 0.05) is 0 Å². The van der Waals surface area contributed by atoms with Gasteiger partial charge >= 0.3 is 5.97 Å². The van der Waals surface area contributed by atoms with E-state index in [0.29, 0.717) is 6.42 Å². The fourth-order valence-electron chi connectivity index (χ4n) is 2.62. The Labute approximate surface area is 156 Å². The number of hydrogen-bond donors (Lipinski definition) is 6. The molecule has 0 saturated carbocycles. The van der Waals surface area contributed by atoms with Gasteiger partial charge in [0.25, 0.3) is 0 Å². The number of aliphatic carboxylic acids is 1. The third-order valence-corrected chi connectivity index (χ3v) is 4.09. The first-order chi connectivity index (χ1) is 12.6. The third-order valence-electron chi connectivity index (χ3n) is 4.09. The molecule has 1 saturated heterocycles. The fourth-order valence-corrected chi connectivity index (χ4v) is 2.62. The standard InChI is InChI=1S/C16H27N5O6/c1-8(2)13(16(26)27)21-15(25)10(6-11(17)22)20-12(23)7-19-14(24)9-4-3-5-18-9/h8-10,13,18H,3-7H2,1-2H3,(H2,17,22)(H,19,24)(H,20,23)(H,21,25)(H,26,27). The highest BCUT2D eigenvalue weighted by Crippen LogP contribution is 2.05. The van der Waals surface area contributed by atoms with Crippen molar-refractivity contribution >= 4 is 29.6 Å². The molecule has 1 aliphatic rings. The largest absolute Gasteiger partial charge is 0.480 e. The van der Waals surface area contributed by atoms with E-state index in [4.69, 9.17) is 10.8 Å². The maximum absolute atomic E-state index is 12.3. The van der Waals surface area contributed by atoms with E-state index in [2.05, 4.69) is 21.3 Å². The van der Waals surface area contributed by atoms with Crippen LogP contribution in [0.4, 0.5) is 0 Å². The zero-order valence-corrected chi connectivity index (χ0v) is 15.4. The minimum absolute atomic E-state index is 0.329. The smallest absolute Gasteiger partial charge is 0.326 e. The van der Waals surface area contributed by atoms with Crippen LogP contribution in [0, 0.1) is 5.92 Å². The number of rotatable bonds is 10. The summed E-state index contributed by atoms with van der Waals surface area (Å²) >= 11 is 0. The number of primary amides is 1. The lowest BCUT2D eigenvalue weighted by Gasteiger charge is -2.22. The maximum Gasteiger partial charge on any atom is 0.326 e. The number of nitrogens with two attached hydrogens (primary N) is 1. The van der Waals surface area contributed by atoms with Crippen LogP contribution < -0.4 is 27.0 Å². The number of amides is 4. The van der Waals surface area contributed by atoms with E-state index in [9.17, 15) is 24.0 Å². The molecule has 1 fully saturated rings. The van der Waals surface area contributed by atoms with Crippen molar-refractivity contribution in [3.8, 4) is 0 Å². The highest BCUT2D eigenvalue weighted by atomic mass is 16.4. The van der Waals surface area contributed by atoms with Crippen molar-refractivity contribution in [2.24, 2.45) is 11.7 Å². The van der Waals surface area contributed by atoms with Gasteiger partial charge in [-0.15, -0.1) is 0 Å². The molecule has 0 bridgehead atoms. The summed E-state index contributed by atoms with van der Waals surface area (Å²) in [7, 11) is 0. The first kappa shape index (κ1) is 22.4. The second kappa shape index (κ2) is 10.5. The van der Waals surface area contributed by atoms with Crippen LogP contribution in [-0.4, -0.2) is 65.9 Å². The van der Waals surface area contributed by atoms with E-state index in [0.717, 1.165) is 13.0 Å². The summed E-state index contributed by atoms with van der Waals surface area (Å²) in [5, 5.41) is 19.1. The lowest BCUT2D eigenvalue weighted by atomic mass is 10.0. The van der Waals surface area contributed by atoms with E-state index in [1.807, 2.05) is 0 Å². The molecule has 11 nitrogen and oxygen atoms in total. The minimum Gasteiger partial charge on any atom is -0.480 e. The molecule has 0 aromatic rings. The number of carboxylic acid groups (broad SMARTS) is 1. The maximum atomic E-state index is 12.3. The van der Waals surface area contributed by atoms with Crippen LogP contribution in [0.1, 0.15) is 33.1 Å². The molecular formula is C16H27N5O6. The molecule has 11 heteroatoms. The van der Waals surface area contributed by atoms with Crippen LogP contribution in [0.15, 0.2) is 0 Å². The molecule has 3 unspecified atom stereocenters. The molecule has 0 aromatic carbocycles. The van der Waals surface area contributed by atoms with Crippen molar-refractivity contribution < 1.29 is 29.1 Å². The molecule has 0 aromatic heterocycles. The fraction of sp³-hybridized carbons (Fsp3) is 0.688. The van der Waals surface area contributed by atoms with Crippen LogP contribution in [0.5, 0.6) is 0 Å². The lowest BCUT2D eigenvalue weighted by Crippen LogP contribution is -2.55. The summed E-state index contributed by atoms with van der Waals surface area (Å²) in [5.74, 6) is -4.35. The molecule has 4 amide bonds. The SMILES string of the molecule is CC(C)C(NC(=O)C(CC(N)=O)NC(=O)CNC(=O)C1CCCN1)C(=O)O. The normalized spacial score (nSPS) is 18.4. The van der Waals surface area contributed by atoms with Crippen molar-refractivity contribution in [2.45, 2.75) is 51.2 Å². The third kappa shape index (κ3) is 7.60. The van der Waals surface area contributed by atoms with Gasteiger partial charge in [-0.05, 0) is 25.3 Å². The molecule has 7 N–H and O–H groups in total. The van der Waals surface area contributed by atoms with Gasteiger partial charge in [0.05, 0.1) is 19.0 Å². The van der Waals surface area contributed by atoms with E-state index < -0.39 is 48.1 Å². The zero-order valence-electron chi connectivity index (χ0n) is 15.4. The number of carbonyl (C=O) groups excluding carboxylic acids is 4. The molecule has 3 atom stereocenters. The van der Waals surface area contributed by atoms with Gasteiger partial charge in [-0.3, -0.25) is 19.2 Å². The first-order valence-corrected chi connectivity index (χ1v) is 8.73. The van der Waals surface area contributed by atoms with Gasteiger partial charge in [0.15, 0.2) is 0 Å². The summed E-state index contributed by atoms with van der Waals surface area (Å²) in [4.78, 5) is 58.6. The second-order valence-corrected chi connectivity index (χ2v) is 6.73. The number of nitrogens with one attached hydrogen (secondary N) is 4. The molecule has 1 rings (SSSR count).